The molecule has 0 unspecified atom stereocenters. The Morgan fingerprint density at radius 2 is 1.93 bits per heavy atom. The number of aryl methyl sites for hydroxylation is 2. The minimum Gasteiger partial charge on any atom is -0.354 e. The van der Waals surface area contributed by atoms with E-state index in [0.29, 0.717) is 12.6 Å². The molecule has 1 amide bonds. The van der Waals surface area contributed by atoms with Crippen LogP contribution < -0.4 is 10.6 Å². The molecule has 0 bridgehead atoms. The summed E-state index contributed by atoms with van der Waals surface area (Å²) in [7, 11) is 1.79. The molecule has 2 aromatic rings. The summed E-state index contributed by atoms with van der Waals surface area (Å²) in [5.74, 6) is 1.09. The predicted molar refractivity (Wildman–Crippen MR) is 121 cm³/mol. The van der Waals surface area contributed by atoms with Gasteiger partial charge in [-0.15, -0.1) is 0 Å². The highest BCUT2D eigenvalue weighted by Crippen LogP contribution is 2.17. The predicted octanol–water partition coefficient (Wildman–Crippen LogP) is 2.80. The van der Waals surface area contributed by atoms with E-state index in [2.05, 4.69) is 45.8 Å². The number of carbonyl (C=O) groups is 1. The molecule has 1 saturated heterocycles. The summed E-state index contributed by atoms with van der Waals surface area (Å²) in [5, 5.41) is 11.6. The Labute approximate surface area is 179 Å². The number of nitrogens with one attached hydrogen (secondary N) is 2. The SMILES string of the molecule is CN=C(NCc1ccccc1-n1nc(C)cc1C)NC1CCN(C(=O)C(C)C)CC1. The highest BCUT2D eigenvalue weighted by atomic mass is 16.2. The van der Waals surface area contributed by atoms with Crippen molar-refractivity contribution in [3.63, 3.8) is 0 Å². The van der Waals surface area contributed by atoms with Gasteiger partial charge in [-0.1, -0.05) is 32.0 Å². The third-order valence-corrected chi connectivity index (χ3v) is 5.54. The molecule has 0 saturated carbocycles. The van der Waals surface area contributed by atoms with Crippen molar-refractivity contribution in [3.8, 4) is 5.69 Å². The number of likely N-dealkylation sites (tertiary alicyclic amines) is 1. The molecule has 162 valence electrons. The number of piperidine rings is 1. The first-order chi connectivity index (χ1) is 14.4. The Hall–Kier alpha value is -2.83. The quantitative estimate of drug-likeness (QED) is 0.587. The van der Waals surface area contributed by atoms with Gasteiger partial charge in [0.1, 0.15) is 0 Å². The lowest BCUT2D eigenvalue weighted by Gasteiger charge is -2.34. The second-order valence-electron chi connectivity index (χ2n) is 8.29. The highest BCUT2D eigenvalue weighted by Gasteiger charge is 2.24. The van der Waals surface area contributed by atoms with Crippen molar-refractivity contribution in [2.45, 2.75) is 53.1 Å². The van der Waals surface area contributed by atoms with Crippen LogP contribution in [0, 0.1) is 19.8 Å². The summed E-state index contributed by atoms with van der Waals surface area (Å²) < 4.78 is 1.99. The van der Waals surface area contributed by atoms with Gasteiger partial charge in [0, 0.05) is 44.3 Å². The molecule has 0 radical (unpaired) electrons. The van der Waals surface area contributed by atoms with Crippen molar-refractivity contribution >= 4 is 11.9 Å². The number of para-hydroxylation sites is 1. The van der Waals surface area contributed by atoms with E-state index in [1.165, 1.54) is 0 Å². The third kappa shape index (κ3) is 5.20. The van der Waals surface area contributed by atoms with Gasteiger partial charge in [-0.05, 0) is 44.4 Å². The third-order valence-electron chi connectivity index (χ3n) is 5.54. The number of hydrogen-bond acceptors (Lipinski definition) is 3. The molecule has 1 aromatic carbocycles. The van der Waals surface area contributed by atoms with Crippen molar-refractivity contribution < 1.29 is 4.79 Å². The van der Waals surface area contributed by atoms with Crippen LogP contribution in [0.1, 0.15) is 43.6 Å². The van der Waals surface area contributed by atoms with Gasteiger partial charge >= 0.3 is 0 Å². The van der Waals surface area contributed by atoms with Crippen LogP contribution in [0.25, 0.3) is 5.69 Å². The average molecular weight is 411 g/mol. The van der Waals surface area contributed by atoms with E-state index in [-0.39, 0.29) is 11.8 Å². The van der Waals surface area contributed by atoms with Crippen LogP contribution in [0.5, 0.6) is 0 Å². The van der Waals surface area contributed by atoms with E-state index < -0.39 is 0 Å². The fourth-order valence-electron chi connectivity index (χ4n) is 3.92. The van der Waals surface area contributed by atoms with E-state index in [4.69, 9.17) is 0 Å². The molecule has 2 heterocycles. The van der Waals surface area contributed by atoms with E-state index in [1.54, 1.807) is 7.05 Å². The molecule has 7 nitrogen and oxygen atoms in total. The molecule has 7 heteroatoms. The first-order valence-electron chi connectivity index (χ1n) is 10.8. The first-order valence-corrected chi connectivity index (χ1v) is 10.8. The molecular formula is C23H34N6O. The molecule has 1 aliphatic rings. The number of aliphatic imine (C=N–C) groups is 1. The van der Waals surface area contributed by atoms with Crippen molar-refractivity contribution in [2.24, 2.45) is 10.9 Å². The summed E-state index contributed by atoms with van der Waals surface area (Å²) >= 11 is 0. The standard InChI is InChI=1S/C23H34N6O/c1-16(2)22(30)28-12-10-20(11-13-28)26-23(24-5)25-15-19-8-6-7-9-21(19)29-18(4)14-17(3)27-29/h6-9,14,16,20H,10-13,15H2,1-5H3,(H2,24,25,26). The van der Waals surface area contributed by atoms with Crippen LogP contribution in [-0.2, 0) is 11.3 Å². The molecule has 1 aliphatic heterocycles. The van der Waals surface area contributed by atoms with Crippen LogP contribution in [-0.4, -0.2) is 52.7 Å². The van der Waals surface area contributed by atoms with Gasteiger partial charge in [0.15, 0.2) is 5.96 Å². The maximum absolute atomic E-state index is 12.2. The Bertz CT molecular complexity index is 893. The highest BCUT2D eigenvalue weighted by molar-refractivity contribution is 5.80. The first kappa shape index (κ1) is 21.9. The topological polar surface area (TPSA) is 74.6 Å². The average Bonchev–Trinajstić information content (AvgIpc) is 3.08. The number of hydrogen-bond donors (Lipinski definition) is 2. The van der Waals surface area contributed by atoms with Gasteiger partial charge in [-0.25, -0.2) is 4.68 Å². The molecule has 0 atom stereocenters. The number of guanidine groups is 1. The van der Waals surface area contributed by atoms with Crippen molar-refractivity contribution in [1.29, 1.82) is 0 Å². The minimum absolute atomic E-state index is 0.0613. The van der Waals surface area contributed by atoms with E-state index >= 15 is 0 Å². The summed E-state index contributed by atoms with van der Waals surface area (Å²) in [5.41, 5.74) is 4.36. The zero-order chi connectivity index (χ0) is 21.7. The zero-order valence-electron chi connectivity index (χ0n) is 18.8. The van der Waals surface area contributed by atoms with Gasteiger partial charge in [0.05, 0.1) is 11.4 Å². The van der Waals surface area contributed by atoms with Gasteiger partial charge in [0.25, 0.3) is 0 Å². The molecule has 0 spiro atoms. The van der Waals surface area contributed by atoms with Crippen molar-refractivity contribution in [2.75, 3.05) is 20.1 Å². The van der Waals surface area contributed by atoms with Crippen molar-refractivity contribution in [1.82, 2.24) is 25.3 Å². The maximum Gasteiger partial charge on any atom is 0.225 e. The normalized spacial score (nSPS) is 15.5. The van der Waals surface area contributed by atoms with Crippen LogP contribution in [0.2, 0.25) is 0 Å². The number of rotatable bonds is 5. The minimum atomic E-state index is 0.0613. The molecule has 30 heavy (non-hydrogen) atoms. The van der Waals surface area contributed by atoms with Crippen LogP contribution in [0.4, 0.5) is 0 Å². The summed E-state index contributed by atoms with van der Waals surface area (Å²) in [4.78, 5) is 18.5. The maximum atomic E-state index is 12.2. The van der Waals surface area contributed by atoms with Gasteiger partial charge in [0.2, 0.25) is 5.91 Å². The van der Waals surface area contributed by atoms with Gasteiger partial charge in [-0.3, -0.25) is 9.79 Å². The summed E-state index contributed by atoms with van der Waals surface area (Å²) in [6.07, 6.45) is 1.86. The lowest BCUT2D eigenvalue weighted by molar-refractivity contribution is -0.135. The molecule has 1 fully saturated rings. The Kier molecular flexibility index (Phi) is 7.13. The van der Waals surface area contributed by atoms with E-state index in [9.17, 15) is 4.79 Å². The van der Waals surface area contributed by atoms with Crippen molar-refractivity contribution in [3.05, 3.63) is 47.3 Å². The molecular weight excluding hydrogens is 376 g/mol. The molecule has 3 rings (SSSR count). The largest absolute Gasteiger partial charge is 0.354 e. The van der Waals surface area contributed by atoms with E-state index in [1.807, 2.05) is 42.5 Å². The van der Waals surface area contributed by atoms with Gasteiger partial charge < -0.3 is 15.5 Å². The second-order valence-corrected chi connectivity index (χ2v) is 8.29. The fourth-order valence-corrected chi connectivity index (χ4v) is 3.92. The number of amides is 1. The van der Waals surface area contributed by atoms with Gasteiger partial charge in [-0.2, -0.15) is 5.10 Å². The number of aromatic nitrogens is 2. The summed E-state index contributed by atoms with van der Waals surface area (Å²) in [6.45, 7) is 10.2. The van der Waals surface area contributed by atoms with Crippen LogP contribution in [0.15, 0.2) is 35.3 Å². The van der Waals surface area contributed by atoms with Crippen LogP contribution in [0.3, 0.4) is 0 Å². The Morgan fingerprint density at radius 3 is 2.53 bits per heavy atom. The number of carbonyl (C=O) groups excluding carboxylic acids is 1. The molecule has 0 aliphatic carbocycles. The lowest BCUT2D eigenvalue weighted by Crippen LogP contribution is -2.50. The summed E-state index contributed by atoms with van der Waals surface area (Å²) in [6, 6.07) is 10.7. The number of benzene rings is 1. The monoisotopic (exact) mass is 410 g/mol. The van der Waals surface area contributed by atoms with Crippen LogP contribution >= 0.6 is 0 Å². The number of nitrogens with zero attached hydrogens (tertiary/aromatic N) is 4. The Morgan fingerprint density at radius 1 is 1.23 bits per heavy atom. The van der Waals surface area contributed by atoms with E-state index in [0.717, 1.165) is 54.5 Å². The molecule has 1 aromatic heterocycles. The fraction of sp³-hybridized carbons (Fsp3) is 0.522. The smallest absolute Gasteiger partial charge is 0.225 e. The Balaban J connectivity index is 1.58. The lowest BCUT2D eigenvalue weighted by atomic mass is 10.0. The zero-order valence-corrected chi connectivity index (χ0v) is 18.8. The molecule has 2 N–H and O–H groups in total. The second kappa shape index (κ2) is 9.78.